The van der Waals surface area contributed by atoms with Crippen LogP contribution in [0.15, 0.2) is 103 Å². The van der Waals surface area contributed by atoms with Crippen LogP contribution in [-0.2, 0) is 37.3 Å². The molecule has 0 bridgehead atoms. The molecule has 8 rings (SSSR count). The summed E-state index contributed by atoms with van der Waals surface area (Å²) in [6, 6.07) is 38.0. The van der Waals surface area contributed by atoms with Crippen molar-refractivity contribution < 1.29 is 26.2 Å². The molecule has 1 N–H and O–H groups in total. The maximum absolute atomic E-state index is 11.8. The normalized spacial score (nSPS) is 12.6. The predicted octanol–water partition coefficient (Wildman–Crippen LogP) is 11.7. The zero-order valence-corrected chi connectivity index (χ0v) is 33.6. The van der Waals surface area contributed by atoms with Crippen LogP contribution in [0.2, 0.25) is 0 Å². The Morgan fingerprint density at radius 3 is 1.65 bits per heavy atom. The molecule has 6 heteroatoms. The second-order valence-corrected chi connectivity index (χ2v) is 17.0. The van der Waals surface area contributed by atoms with Gasteiger partial charge in [-0.15, -0.1) is 23.8 Å². The van der Waals surface area contributed by atoms with Gasteiger partial charge in [0.2, 0.25) is 0 Å². The van der Waals surface area contributed by atoms with Crippen molar-refractivity contribution in [2.24, 2.45) is 0 Å². The minimum absolute atomic E-state index is 0. The van der Waals surface area contributed by atoms with E-state index in [2.05, 4.69) is 169 Å². The Morgan fingerprint density at radius 1 is 0.558 bits per heavy atom. The van der Waals surface area contributed by atoms with Crippen LogP contribution in [0, 0.1) is 6.07 Å². The van der Waals surface area contributed by atoms with Gasteiger partial charge in [0, 0.05) is 59.9 Å². The second-order valence-electron chi connectivity index (χ2n) is 17.0. The molecule has 0 spiro atoms. The Labute approximate surface area is 320 Å². The Balaban J connectivity index is 0.00000420. The van der Waals surface area contributed by atoms with Gasteiger partial charge in [-0.2, -0.15) is 0 Å². The summed E-state index contributed by atoms with van der Waals surface area (Å²) in [6.45, 7) is 19.8. The molecule has 0 saturated carbocycles. The van der Waals surface area contributed by atoms with E-state index in [1.807, 2.05) is 12.3 Å². The first kappa shape index (κ1) is 35.7. The summed E-state index contributed by atoms with van der Waals surface area (Å²) in [6.07, 6.45) is 1.86. The van der Waals surface area contributed by atoms with Crippen LogP contribution in [0.3, 0.4) is 0 Å². The van der Waals surface area contributed by atoms with E-state index in [0.29, 0.717) is 0 Å². The van der Waals surface area contributed by atoms with E-state index in [1.54, 1.807) is 0 Å². The number of aromatic nitrogens is 4. The minimum atomic E-state index is -0.250. The van der Waals surface area contributed by atoms with Crippen molar-refractivity contribution in [3.8, 4) is 28.4 Å². The fourth-order valence-corrected chi connectivity index (χ4v) is 7.32. The van der Waals surface area contributed by atoms with Crippen molar-refractivity contribution in [1.82, 2.24) is 19.1 Å². The van der Waals surface area contributed by atoms with Crippen LogP contribution in [0.4, 0.5) is 0 Å². The van der Waals surface area contributed by atoms with Gasteiger partial charge in [0.25, 0.3) is 0 Å². The van der Waals surface area contributed by atoms with E-state index >= 15 is 0 Å². The molecule has 0 radical (unpaired) electrons. The summed E-state index contributed by atoms with van der Waals surface area (Å²) >= 11 is 0. The Kier molecular flexibility index (Phi) is 8.54. The molecule has 0 aliphatic carbocycles. The van der Waals surface area contributed by atoms with E-state index in [9.17, 15) is 5.11 Å². The number of nitrogens with zero attached hydrogens (tertiary/aromatic N) is 4. The molecule has 0 amide bonds. The number of aromatic hydroxyl groups is 1. The van der Waals surface area contributed by atoms with Crippen molar-refractivity contribution in [3.05, 3.63) is 126 Å². The molecule has 0 saturated heterocycles. The number of hydrogen-bond donors (Lipinski definition) is 1. The summed E-state index contributed by atoms with van der Waals surface area (Å²) in [5.41, 5.74) is 9.93. The summed E-state index contributed by atoms with van der Waals surface area (Å²) in [7, 11) is 0. The fourth-order valence-electron chi connectivity index (χ4n) is 7.32. The quantitative estimate of drug-likeness (QED) is 0.180. The van der Waals surface area contributed by atoms with Gasteiger partial charge in [-0.1, -0.05) is 116 Å². The van der Waals surface area contributed by atoms with Crippen LogP contribution in [0.5, 0.6) is 5.75 Å². The molecule has 52 heavy (non-hydrogen) atoms. The number of rotatable bonds is 3. The number of phenolic OH excluding ortho intramolecular Hbond substituents is 1. The maximum Gasteiger partial charge on any atom is 0.144 e. The van der Waals surface area contributed by atoms with E-state index < -0.39 is 0 Å². The van der Waals surface area contributed by atoms with Gasteiger partial charge < -0.3 is 14.2 Å². The first-order valence-electron chi connectivity index (χ1n) is 17.8. The summed E-state index contributed by atoms with van der Waals surface area (Å²) in [5, 5.41) is 16.3. The molecule has 0 unspecified atom stereocenters. The molecule has 0 aliphatic heterocycles. The van der Waals surface area contributed by atoms with Gasteiger partial charge in [0.15, 0.2) is 0 Å². The number of fused-ring (bicyclic) bond motifs is 6. The third-order valence-electron chi connectivity index (χ3n) is 10.2. The number of benzene rings is 4. The summed E-state index contributed by atoms with van der Waals surface area (Å²) in [4.78, 5) is 10.3. The number of phenols is 1. The zero-order valence-electron chi connectivity index (χ0n) is 31.4. The molecular weight excluding hydrogens is 820 g/mol. The molecule has 4 heterocycles. The first-order valence-corrected chi connectivity index (χ1v) is 17.8. The third kappa shape index (κ3) is 5.84. The predicted molar refractivity (Wildman–Crippen MR) is 213 cm³/mol. The topological polar surface area (TPSA) is 55.9 Å². The van der Waals surface area contributed by atoms with E-state index in [4.69, 9.17) is 9.97 Å². The van der Waals surface area contributed by atoms with Crippen LogP contribution in [0.25, 0.3) is 66.5 Å². The van der Waals surface area contributed by atoms with Crippen LogP contribution in [-0.4, -0.2) is 24.2 Å². The molecule has 8 aromatic rings. The minimum Gasteiger partial charge on any atom is -0.507 e. The van der Waals surface area contributed by atoms with Gasteiger partial charge in [0.05, 0.1) is 16.7 Å². The van der Waals surface area contributed by atoms with Crippen LogP contribution in [0.1, 0.15) is 79.0 Å². The van der Waals surface area contributed by atoms with Crippen molar-refractivity contribution in [3.63, 3.8) is 0 Å². The van der Waals surface area contributed by atoms with Gasteiger partial charge in [0.1, 0.15) is 17.0 Å². The number of hydrogen-bond acceptors (Lipinski definition) is 3. The number of pyridine rings is 2. The van der Waals surface area contributed by atoms with E-state index in [0.717, 1.165) is 72.1 Å². The van der Waals surface area contributed by atoms with Gasteiger partial charge >= 0.3 is 0 Å². The number of para-hydroxylation sites is 2. The molecule has 5 nitrogen and oxygen atoms in total. The standard InChI is InChI=1S/C46H45N4O.Pt/c1-44(2,3)28-23-30(49-39-18-12-10-15-32(39)34-17-14-22-47-42(34)49)27-31(24-28)50-40-19-13-11-16-33(40)35-20-21-38(48-43(35)50)36-25-29(45(4,5)6)26-37(41(36)51)46(7,8)9;/h10-26,51H,1-9H3;/q-1;. The van der Waals surface area contributed by atoms with E-state index in [1.165, 1.54) is 11.1 Å². The third-order valence-corrected chi connectivity index (χ3v) is 10.2. The van der Waals surface area contributed by atoms with Crippen molar-refractivity contribution in [1.29, 1.82) is 0 Å². The molecule has 4 aromatic heterocycles. The van der Waals surface area contributed by atoms with Crippen molar-refractivity contribution in [2.45, 2.75) is 78.6 Å². The smallest absolute Gasteiger partial charge is 0.144 e. The molecular formula is C46H45N4OPt-. The Morgan fingerprint density at radius 2 is 1.08 bits per heavy atom. The summed E-state index contributed by atoms with van der Waals surface area (Å²) < 4.78 is 4.48. The average Bonchev–Trinajstić information content (AvgIpc) is 3.59. The Hall–Kier alpha value is -4.73. The largest absolute Gasteiger partial charge is 0.507 e. The average molecular weight is 865 g/mol. The van der Waals surface area contributed by atoms with Crippen LogP contribution < -0.4 is 0 Å². The van der Waals surface area contributed by atoms with Gasteiger partial charge in [-0.25, -0.2) is 9.97 Å². The molecule has 0 aliphatic rings. The van der Waals surface area contributed by atoms with Crippen molar-refractivity contribution >= 4 is 43.9 Å². The maximum atomic E-state index is 11.8. The zero-order chi connectivity index (χ0) is 36.0. The molecule has 0 atom stereocenters. The van der Waals surface area contributed by atoms with Gasteiger partial charge in [-0.3, -0.25) is 0 Å². The second kappa shape index (κ2) is 12.4. The first-order chi connectivity index (χ1) is 24.1. The fraction of sp³-hybridized carbons (Fsp3) is 0.261. The van der Waals surface area contributed by atoms with Gasteiger partial charge in [-0.05, 0) is 64.3 Å². The molecule has 4 aromatic carbocycles. The van der Waals surface area contributed by atoms with E-state index in [-0.39, 0.29) is 43.1 Å². The Bertz CT molecular complexity index is 2610. The summed E-state index contributed by atoms with van der Waals surface area (Å²) in [5.74, 6) is 0.285. The molecule has 0 fully saturated rings. The SMILES string of the molecule is CC(C)(C)c1cc(-n2c3ccccc3c3cccnc32)[c-]c(-n2c3ccccc3c3ccc(-c4cc(C(C)(C)C)cc(C(C)(C)C)c4O)nc32)c1.[Pt]. The molecule has 266 valence electrons. The van der Waals surface area contributed by atoms with Crippen molar-refractivity contribution in [2.75, 3.05) is 0 Å². The van der Waals surface area contributed by atoms with Crippen LogP contribution >= 0.6 is 0 Å². The monoisotopic (exact) mass is 864 g/mol.